The molecule has 0 saturated heterocycles. The van der Waals surface area contributed by atoms with Crippen molar-refractivity contribution in [2.45, 2.75) is 33.2 Å². The summed E-state index contributed by atoms with van der Waals surface area (Å²) in [4.78, 5) is 25.2. The molecule has 0 radical (unpaired) electrons. The van der Waals surface area contributed by atoms with Gasteiger partial charge in [0.15, 0.2) is 5.65 Å². The molecule has 0 bridgehead atoms. The minimum atomic E-state index is -0.700. The third kappa shape index (κ3) is 5.87. The molecule has 10 heteroatoms. The molecule has 3 aromatic rings. The summed E-state index contributed by atoms with van der Waals surface area (Å²) < 4.78 is 26.5. The number of hydrogen-bond acceptors (Lipinski definition) is 6. The smallest absolute Gasteiger partial charge is 0.225 e. The summed E-state index contributed by atoms with van der Waals surface area (Å²) in [6, 6.07) is 3.46. The van der Waals surface area contributed by atoms with Crippen LogP contribution in [0.25, 0.3) is 11.2 Å². The van der Waals surface area contributed by atoms with Crippen LogP contribution in [0.4, 0.5) is 26.4 Å². The Morgan fingerprint density at radius 2 is 2.00 bits per heavy atom. The molecule has 0 aliphatic rings. The summed E-state index contributed by atoms with van der Waals surface area (Å²) in [5, 5.41) is 5.83. The number of carbonyl (C=O) groups excluding carboxylic acids is 1. The van der Waals surface area contributed by atoms with Crippen LogP contribution in [0.2, 0.25) is 0 Å². The Morgan fingerprint density at radius 1 is 1.30 bits per heavy atom. The minimum Gasteiger partial charge on any atom is -0.370 e. The zero-order valence-electron chi connectivity index (χ0n) is 15.2. The van der Waals surface area contributed by atoms with Gasteiger partial charge in [-0.1, -0.05) is 6.92 Å². The van der Waals surface area contributed by atoms with Crippen molar-refractivity contribution in [3.05, 3.63) is 36.0 Å². The van der Waals surface area contributed by atoms with Crippen LogP contribution in [0, 0.1) is 11.6 Å². The van der Waals surface area contributed by atoms with Crippen LogP contribution in [0.15, 0.2) is 24.4 Å². The Balaban J connectivity index is 0.000000465. The van der Waals surface area contributed by atoms with Crippen LogP contribution >= 0.6 is 0 Å². The maximum atomic E-state index is 13.6. The number of rotatable bonds is 5. The van der Waals surface area contributed by atoms with E-state index in [2.05, 4.69) is 36.3 Å². The van der Waals surface area contributed by atoms with E-state index in [1.165, 1.54) is 12.1 Å². The van der Waals surface area contributed by atoms with Gasteiger partial charge in [0.2, 0.25) is 17.8 Å². The van der Waals surface area contributed by atoms with Gasteiger partial charge >= 0.3 is 0 Å². The van der Waals surface area contributed by atoms with Crippen molar-refractivity contribution in [3.8, 4) is 0 Å². The first-order valence-corrected chi connectivity index (χ1v) is 8.28. The highest BCUT2D eigenvalue weighted by Crippen LogP contribution is 2.20. The molecule has 8 nitrogen and oxygen atoms in total. The van der Waals surface area contributed by atoms with Crippen molar-refractivity contribution < 1.29 is 13.6 Å². The van der Waals surface area contributed by atoms with E-state index in [4.69, 9.17) is 0 Å². The van der Waals surface area contributed by atoms with Crippen molar-refractivity contribution in [2.24, 2.45) is 5.73 Å². The second-order valence-corrected chi connectivity index (χ2v) is 5.88. The Bertz CT molecular complexity index is 927. The number of nitrogens with one attached hydrogen (secondary N) is 3. The van der Waals surface area contributed by atoms with E-state index in [0.29, 0.717) is 29.5 Å². The third-order valence-corrected chi connectivity index (χ3v) is 3.19. The molecule has 0 saturated carbocycles. The van der Waals surface area contributed by atoms with Gasteiger partial charge in [0.1, 0.15) is 17.2 Å². The van der Waals surface area contributed by atoms with E-state index >= 15 is 0 Å². The summed E-state index contributed by atoms with van der Waals surface area (Å²) in [6.07, 6.45) is 2.03. The number of amides is 1. The molecule has 1 amide bonds. The Morgan fingerprint density at radius 3 is 2.59 bits per heavy atom. The van der Waals surface area contributed by atoms with Crippen LogP contribution < -0.4 is 16.4 Å². The molecule has 3 rings (SSSR count). The first-order chi connectivity index (χ1) is 12.8. The average molecular weight is 377 g/mol. The molecule has 0 unspecified atom stereocenters. The number of aromatic nitrogens is 4. The molecule has 0 aliphatic carbocycles. The topological polar surface area (TPSA) is 122 Å². The Labute approximate surface area is 154 Å². The lowest BCUT2D eigenvalue weighted by Gasteiger charge is -2.06. The molecular weight excluding hydrogens is 356 g/mol. The number of anilines is 3. The number of fused-ring (bicyclic) bond motifs is 1. The number of carbonyl (C=O) groups is 1. The number of nitrogens with two attached hydrogens (primary N) is 1. The first-order valence-electron chi connectivity index (χ1n) is 8.28. The molecule has 0 fully saturated rings. The number of primary amides is 1. The molecule has 2 aromatic heterocycles. The lowest BCUT2D eigenvalue weighted by atomic mass is 10.3. The average Bonchev–Trinajstić information content (AvgIpc) is 2.99. The van der Waals surface area contributed by atoms with Gasteiger partial charge in [-0.25, -0.2) is 13.8 Å². The number of nitrogens with zero attached hydrogens (tertiary/aromatic N) is 3. The fourth-order valence-corrected chi connectivity index (χ4v) is 1.91. The third-order valence-electron chi connectivity index (χ3n) is 3.19. The van der Waals surface area contributed by atoms with Crippen LogP contribution in [0.3, 0.4) is 0 Å². The van der Waals surface area contributed by atoms with Gasteiger partial charge < -0.3 is 21.4 Å². The van der Waals surface area contributed by atoms with Crippen molar-refractivity contribution >= 4 is 34.7 Å². The van der Waals surface area contributed by atoms with Gasteiger partial charge in [0.25, 0.3) is 0 Å². The number of halogens is 2. The standard InChI is InChI=1S/C14H14F2N6.C3H7NO/c1-7(2)18-13-17-6-11-12(21-13)22-14(20-11)19-10-4-3-8(15)5-9(10)16;1-2-3(4)5/h3-7H,1-2H3,(H3,17,18,19,20,21,22);2H2,1H3,(H2,4,5). The highest BCUT2D eigenvalue weighted by Gasteiger charge is 2.09. The van der Waals surface area contributed by atoms with Gasteiger partial charge in [0, 0.05) is 18.5 Å². The van der Waals surface area contributed by atoms with Crippen molar-refractivity contribution in [1.29, 1.82) is 0 Å². The maximum Gasteiger partial charge on any atom is 0.225 e. The number of H-pyrrole nitrogens is 1. The molecule has 0 spiro atoms. The monoisotopic (exact) mass is 377 g/mol. The summed E-state index contributed by atoms with van der Waals surface area (Å²) in [5.74, 6) is -0.813. The largest absolute Gasteiger partial charge is 0.370 e. The highest BCUT2D eigenvalue weighted by molar-refractivity contribution is 5.75. The highest BCUT2D eigenvalue weighted by atomic mass is 19.1. The second-order valence-electron chi connectivity index (χ2n) is 5.88. The van der Waals surface area contributed by atoms with Gasteiger partial charge in [-0.2, -0.15) is 9.97 Å². The van der Waals surface area contributed by atoms with Crippen LogP contribution in [0.1, 0.15) is 27.2 Å². The van der Waals surface area contributed by atoms with Gasteiger partial charge in [-0.05, 0) is 26.0 Å². The fourth-order valence-electron chi connectivity index (χ4n) is 1.91. The van der Waals surface area contributed by atoms with Gasteiger partial charge in [-0.3, -0.25) is 4.79 Å². The van der Waals surface area contributed by atoms with Crippen LogP contribution in [-0.2, 0) is 4.79 Å². The van der Waals surface area contributed by atoms with Crippen molar-refractivity contribution in [1.82, 2.24) is 19.9 Å². The first kappa shape index (κ1) is 20.0. The van der Waals surface area contributed by atoms with Gasteiger partial charge in [-0.15, -0.1) is 0 Å². The predicted molar refractivity (Wildman–Crippen MR) is 99.6 cm³/mol. The van der Waals surface area contributed by atoms with Crippen LogP contribution in [0.5, 0.6) is 0 Å². The van der Waals surface area contributed by atoms with Gasteiger partial charge in [0.05, 0.1) is 11.9 Å². The van der Waals surface area contributed by atoms with E-state index < -0.39 is 11.6 Å². The number of benzene rings is 1. The van der Waals surface area contributed by atoms with E-state index in [0.717, 1.165) is 6.07 Å². The van der Waals surface area contributed by atoms with E-state index in [-0.39, 0.29) is 17.6 Å². The predicted octanol–water partition coefficient (Wildman–Crippen LogP) is 3.08. The molecular formula is C17H21F2N7O. The zero-order valence-corrected chi connectivity index (χ0v) is 15.2. The Kier molecular flexibility index (Phi) is 6.58. The van der Waals surface area contributed by atoms with E-state index in [1.807, 2.05) is 13.8 Å². The number of aromatic amines is 1. The maximum absolute atomic E-state index is 13.6. The molecule has 1 aromatic carbocycles. The van der Waals surface area contributed by atoms with Crippen molar-refractivity contribution in [2.75, 3.05) is 10.6 Å². The van der Waals surface area contributed by atoms with E-state index in [1.54, 1.807) is 13.1 Å². The number of imidazole rings is 1. The molecule has 27 heavy (non-hydrogen) atoms. The fraction of sp³-hybridized carbons (Fsp3) is 0.294. The van der Waals surface area contributed by atoms with Crippen molar-refractivity contribution in [3.63, 3.8) is 0 Å². The lowest BCUT2D eigenvalue weighted by Crippen LogP contribution is -2.12. The SMILES string of the molecule is CC(C)Nc1ncc2[nH]c(Nc3ccc(F)cc3F)nc2n1.CCC(N)=O. The lowest BCUT2D eigenvalue weighted by molar-refractivity contribution is -0.117. The molecule has 144 valence electrons. The second kappa shape index (κ2) is 8.88. The summed E-state index contributed by atoms with van der Waals surface area (Å²) >= 11 is 0. The quantitative estimate of drug-likeness (QED) is 0.542. The number of hydrogen-bond donors (Lipinski definition) is 4. The summed E-state index contributed by atoms with van der Waals surface area (Å²) in [5.41, 5.74) is 5.83. The Hall–Kier alpha value is -3.30. The molecule has 2 heterocycles. The normalized spacial score (nSPS) is 10.4. The zero-order chi connectivity index (χ0) is 20.0. The molecule has 0 aliphatic heterocycles. The molecule has 5 N–H and O–H groups in total. The minimum absolute atomic E-state index is 0.119. The molecule has 0 atom stereocenters. The van der Waals surface area contributed by atoms with Crippen LogP contribution in [-0.4, -0.2) is 31.9 Å². The summed E-state index contributed by atoms with van der Waals surface area (Å²) in [6.45, 7) is 5.67. The van der Waals surface area contributed by atoms with E-state index in [9.17, 15) is 13.6 Å². The summed E-state index contributed by atoms with van der Waals surface area (Å²) in [7, 11) is 0.